The average Bonchev–Trinajstić information content (AvgIpc) is 3.14. The van der Waals surface area contributed by atoms with Crippen molar-refractivity contribution >= 4 is 11.8 Å². The summed E-state index contributed by atoms with van der Waals surface area (Å²) in [6.07, 6.45) is 1.81. The molecule has 0 saturated carbocycles. The van der Waals surface area contributed by atoms with Gasteiger partial charge >= 0.3 is 0 Å². The molecule has 3 atom stereocenters. The van der Waals surface area contributed by atoms with Crippen LogP contribution in [0, 0.1) is 17.3 Å². The minimum atomic E-state index is -0.341. The third-order valence-corrected chi connectivity index (χ3v) is 7.26. The Balaban J connectivity index is 1.74. The normalized spacial score (nSPS) is 24.8. The number of hydrogen-bond acceptors (Lipinski definition) is 3. The maximum atomic E-state index is 13.6. The van der Waals surface area contributed by atoms with Gasteiger partial charge in [-0.25, -0.2) is 0 Å². The first-order valence-corrected chi connectivity index (χ1v) is 12.2. The second-order valence-electron chi connectivity index (χ2n) is 10.4. The van der Waals surface area contributed by atoms with Gasteiger partial charge in [-0.05, 0) is 43.4 Å². The van der Waals surface area contributed by atoms with Gasteiger partial charge in [-0.1, -0.05) is 68.4 Å². The molecule has 1 aliphatic heterocycles. The van der Waals surface area contributed by atoms with E-state index < -0.39 is 0 Å². The second-order valence-corrected chi connectivity index (χ2v) is 10.4. The van der Waals surface area contributed by atoms with Crippen LogP contribution in [0.3, 0.4) is 0 Å². The Bertz CT molecular complexity index is 988. The van der Waals surface area contributed by atoms with E-state index in [1.54, 1.807) is 0 Å². The number of rotatable bonds is 6. The fraction of sp³-hybridized carbons (Fsp3) is 0.500. The number of benzene rings is 2. The summed E-state index contributed by atoms with van der Waals surface area (Å²) in [6, 6.07) is 18.8. The summed E-state index contributed by atoms with van der Waals surface area (Å²) in [4.78, 5) is 28.9. The Kier molecular flexibility index (Phi) is 6.89. The van der Waals surface area contributed by atoms with Crippen molar-refractivity contribution in [3.63, 3.8) is 0 Å². The van der Waals surface area contributed by atoms with Gasteiger partial charge in [-0.3, -0.25) is 14.5 Å². The van der Waals surface area contributed by atoms with Crippen LogP contribution in [0.2, 0.25) is 0 Å². The second kappa shape index (κ2) is 9.68. The van der Waals surface area contributed by atoms with Crippen molar-refractivity contribution in [1.29, 1.82) is 0 Å². The molecule has 0 unspecified atom stereocenters. The third kappa shape index (κ3) is 4.84. The van der Waals surface area contributed by atoms with Crippen LogP contribution < -0.4 is 10.6 Å². The van der Waals surface area contributed by atoms with Crippen molar-refractivity contribution in [3.8, 4) is 0 Å². The van der Waals surface area contributed by atoms with Gasteiger partial charge in [0.25, 0.3) is 0 Å². The smallest absolute Gasteiger partial charge is 0.225 e. The van der Waals surface area contributed by atoms with Crippen molar-refractivity contribution < 1.29 is 9.59 Å². The zero-order valence-corrected chi connectivity index (χ0v) is 20.3. The molecule has 33 heavy (non-hydrogen) atoms. The predicted octanol–water partition coefficient (Wildman–Crippen LogP) is 4.09. The molecule has 1 saturated heterocycles. The highest BCUT2D eigenvalue weighted by Crippen LogP contribution is 2.53. The molecule has 176 valence electrons. The molecule has 2 N–H and O–H groups in total. The van der Waals surface area contributed by atoms with E-state index >= 15 is 0 Å². The molecule has 1 fully saturated rings. The zero-order valence-electron chi connectivity index (χ0n) is 20.3. The fourth-order valence-electron chi connectivity index (χ4n) is 5.66. The van der Waals surface area contributed by atoms with Crippen molar-refractivity contribution in [2.75, 3.05) is 13.1 Å². The molecule has 5 heteroatoms. The first kappa shape index (κ1) is 23.5. The van der Waals surface area contributed by atoms with E-state index in [2.05, 4.69) is 58.0 Å². The van der Waals surface area contributed by atoms with E-state index in [1.807, 2.05) is 39.8 Å². The molecule has 0 aromatic heterocycles. The lowest BCUT2D eigenvalue weighted by Crippen LogP contribution is -2.53. The number of carbonyl (C=O) groups is 2. The SMILES string of the molecule is CC(C)NC(=O)[C@H]1CN(Cc2ccccc2)C[C@]12CCc1ccccc1[C@@H]2NC(=O)C(C)C. The van der Waals surface area contributed by atoms with Crippen LogP contribution in [-0.4, -0.2) is 35.8 Å². The number of fused-ring (bicyclic) bond motifs is 1. The van der Waals surface area contributed by atoms with Crippen LogP contribution in [0.25, 0.3) is 0 Å². The Morgan fingerprint density at radius 3 is 2.42 bits per heavy atom. The molecule has 2 aromatic rings. The predicted molar refractivity (Wildman–Crippen MR) is 131 cm³/mol. The summed E-state index contributed by atoms with van der Waals surface area (Å²) in [5.41, 5.74) is 3.35. The molecule has 0 radical (unpaired) electrons. The van der Waals surface area contributed by atoms with Crippen LogP contribution in [-0.2, 0) is 22.6 Å². The molecule has 1 spiro atoms. The highest BCUT2D eigenvalue weighted by molar-refractivity contribution is 5.82. The molecule has 2 amide bonds. The Morgan fingerprint density at radius 1 is 1.03 bits per heavy atom. The lowest BCUT2D eigenvalue weighted by Gasteiger charge is -2.46. The van der Waals surface area contributed by atoms with Gasteiger partial charge in [0.05, 0.1) is 12.0 Å². The average molecular weight is 448 g/mol. The maximum absolute atomic E-state index is 13.6. The minimum absolute atomic E-state index is 0.0422. The van der Waals surface area contributed by atoms with E-state index in [4.69, 9.17) is 0 Å². The lowest BCUT2D eigenvalue weighted by molar-refractivity contribution is -0.132. The number of aryl methyl sites for hydroxylation is 1. The quantitative estimate of drug-likeness (QED) is 0.701. The highest BCUT2D eigenvalue weighted by Gasteiger charge is 2.56. The third-order valence-electron chi connectivity index (χ3n) is 7.26. The molecule has 1 aliphatic carbocycles. The largest absolute Gasteiger partial charge is 0.354 e. The van der Waals surface area contributed by atoms with Crippen molar-refractivity contribution in [2.24, 2.45) is 17.3 Å². The molecular weight excluding hydrogens is 410 g/mol. The topological polar surface area (TPSA) is 61.4 Å². The molecule has 5 nitrogen and oxygen atoms in total. The monoisotopic (exact) mass is 447 g/mol. The summed E-state index contributed by atoms with van der Waals surface area (Å²) in [5, 5.41) is 6.57. The first-order chi connectivity index (χ1) is 15.8. The Morgan fingerprint density at radius 2 is 1.73 bits per heavy atom. The van der Waals surface area contributed by atoms with E-state index in [0.717, 1.165) is 25.9 Å². The lowest BCUT2D eigenvalue weighted by atomic mass is 9.62. The number of nitrogens with zero attached hydrogens (tertiary/aromatic N) is 1. The Labute approximate surface area is 197 Å². The number of amides is 2. The summed E-state index contributed by atoms with van der Waals surface area (Å²) in [6.45, 7) is 10.2. The first-order valence-electron chi connectivity index (χ1n) is 12.2. The van der Waals surface area contributed by atoms with Crippen LogP contribution in [0.5, 0.6) is 0 Å². The van der Waals surface area contributed by atoms with E-state index in [9.17, 15) is 9.59 Å². The summed E-state index contributed by atoms with van der Waals surface area (Å²) in [7, 11) is 0. The van der Waals surface area contributed by atoms with Gasteiger partial charge in [0.15, 0.2) is 0 Å². The van der Waals surface area contributed by atoms with Gasteiger partial charge in [0.2, 0.25) is 11.8 Å². The fourth-order valence-corrected chi connectivity index (χ4v) is 5.66. The number of nitrogens with one attached hydrogen (secondary N) is 2. The van der Waals surface area contributed by atoms with Gasteiger partial charge in [-0.2, -0.15) is 0 Å². The van der Waals surface area contributed by atoms with E-state index in [0.29, 0.717) is 6.54 Å². The van der Waals surface area contributed by atoms with Gasteiger partial charge in [0, 0.05) is 37.0 Å². The van der Waals surface area contributed by atoms with Crippen LogP contribution >= 0.6 is 0 Å². The highest BCUT2D eigenvalue weighted by atomic mass is 16.2. The summed E-state index contributed by atoms with van der Waals surface area (Å²) >= 11 is 0. The van der Waals surface area contributed by atoms with Crippen LogP contribution in [0.1, 0.15) is 56.8 Å². The number of hydrogen-bond donors (Lipinski definition) is 2. The van der Waals surface area contributed by atoms with Crippen molar-refractivity contribution in [2.45, 2.75) is 59.2 Å². The standard InChI is InChI=1S/C28H37N3O2/c1-19(2)26(32)30-25-23-13-9-8-12-22(23)14-15-28(25)18-31(16-21-10-6-5-7-11-21)17-24(28)27(33)29-20(3)4/h5-13,19-20,24-25H,14-18H2,1-4H3,(H,29,33)(H,30,32)/t24-,25+,28-/m1/s1. The molecule has 0 bridgehead atoms. The van der Waals surface area contributed by atoms with Gasteiger partial charge < -0.3 is 10.6 Å². The van der Waals surface area contributed by atoms with Crippen molar-refractivity contribution in [3.05, 3.63) is 71.3 Å². The van der Waals surface area contributed by atoms with Gasteiger partial charge in [0.1, 0.15) is 0 Å². The molecule has 2 aromatic carbocycles. The Hall–Kier alpha value is -2.66. The molecule has 2 aliphatic rings. The van der Waals surface area contributed by atoms with E-state index in [1.165, 1.54) is 16.7 Å². The van der Waals surface area contributed by atoms with Gasteiger partial charge in [-0.15, -0.1) is 0 Å². The van der Waals surface area contributed by atoms with Crippen molar-refractivity contribution in [1.82, 2.24) is 15.5 Å². The van der Waals surface area contributed by atoms with Crippen LogP contribution in [0.15, 0.2) is 54.6 Å². The molecule has 4 rings (SSSR count). The molecule has 1 heterocycles. The summed E-state index contributed by atoms with van der Waals surface area (Å²) in [5.74, 6) is -0.153. The summed E-state index contributed by atoms with van der Waals surface area (Å²) < 4.78 is 0. The number of carbonyl (C=O) groups excluding carboxylic acids is 2. The number of likely N-dealkylation sites (tertiary alicyclic amines) is 1. The van der Waals surface area contributed by atoms with Crippen LogP contribution in [0.4, 0.5) is 0 Å². The maximum Gasteiger partial charge on any atom is 0.225 e. The van der Waals surface area contributed by atoms with E-state index in [-0.39, 0.29) is 41.1 Å². The molecular formula is C28H37N3O2. The minimum Gasteiger partial charge on any atom is -0.354 e. The zero-order chi connectivity index (χ0) is 23.6.